The topological polar surface area (TPSA) is 62.7 Å². The molecule has 4 nitrogen and oxygen atoms in total. The Hall–Kier alpha value is -1.80. The second-order valence-corrected chi connectivity index (χ2v) is 4.56. The van der Waals surface area contributed by atoms with Crippen LogP contribution in [0.4, 0.5) is 0 Å². The number of rotatable bonds is 3. The molecule has 5 heteroatoms. The molecule has 0 saturated heterocycles. The molecular formula is C12H11N3OS. The normalized spacial score (nSPS) is 10.2. The zero-order valence-electron chi connectivity index (χ0n) is 9.60. The molecule has 0 fully saturated rings. The van der Waals surface area contributed by atoms with Crippen LogP contribution in [-0.4, -0.2) is 10.2 Å². The van der Waals surface area contributed by atoms with Gasteiger partial charge in [0.25, 0.3) is 5.22 Å². The molecule has 2 rings (SSSR count). The highest BCUT2D eigenvalue weighted by Crippen LogP contribution is 2.23. The molecule has 1 heterocycles. The first-order valence-electron chi connectivity index (χ1n) is 5.11. The monoisotopic (exact) mass is 245 g/mol. The highest BCUT2D eigenvalue weighted by molar-refractivity contribution is 7.98. The number of aromatic nitrogens is 2. The fourth-order valence-corrected chi connectivity index (χ4v) is 2.28. The first-order chi connectivity index (χ1) is 8.19. The summed E-state index contributed by atoms with van der Waals surface area (Å²) in [5, 5.41) is 17.0. The highest BCUT2D eigenvalue weighted by atomic mass is 32.2. The van der Waals surface area contributed by atoms with Gasteiger partial charge in [-0.2, -0.15) is 5.26 Å². The lowest BCUT2D eigenvalue weighted by Crippen LogP contribution is -1.88. The highest BCUT2D eigenvalue weighted by Gasteiger charge is 2.05. The van der Waals surface area contributed by atoms with Crippen molar-refractivity contribution in [2.75, 3.05) is 0 Å². The number of hydrogen-bond donors (Lipinski definition) is 0. The Morgan fingerprint density at radius 1 is 1.35 bits per heavy atom. The number of nitriles is 1. The van der Waals surface area contributed by atoms with Crippen LogP contribution >= 0.6 is 11.8 Å². The summed E-state index contributed by atoms with van der Waals surface area (Å²) in [6, 6.07) is 7.79. The molecule has 0 aliphatic rings. The van der Waals surface area contributed by atoms with Crippen LogP contribution in [0.15, 0.2) is 27.8 Å². The molecule has 0 amide bonds. The lowest BCUT2D eigenvalue weighted by atomic mass is 10.1. The van der Waals surface area contributed by atoms with E-state index in [1.165, 1.54) is 17.3 Å². The first-order valence-corrected chi connectivity index (χ1v) is 6.10. The molecule has 2 aromatic rings. The van der Waals surface area contributed by atoms with E-state index in [1.807, 2.05) is 25.1 Å². The molecule has 0 unspecified atom stereocenters. The third kappa shape index (κ3) is 2.86. The van der Waals surface area contributed by atoms with Crippen molar-refractivity contribution in [2.24, 2.45) is 0 Å². The molecule has 0 bridgehead atoms. The maximum absolute atomic E-state index is 8.78. The van der Waals surface area contributed by atoms with Crippen molar-refractivity contribution in [1.82, 2.24) is 10.2 Å². The van der Waals surface area contributed by atoms with Crippen molar-refractivity contribution in [3.8, 4) is 6.07 Å². The lowest BCUT2D eigenvalue weighted by molar-refractivity contribution is 0.429. The Labute approximate surface area is 104 Å². The predicted molar refractivity (Wildman–Crippen MR) is 64.5 cm³/mol. The van der Waals surface area contributed by atoms with Crippen molar-refractivity contribution in [1.29, 1.82) is 5.26 Å². The average molecular weight is 245 g/mol. The molecule has 1 aromatic heterocycles. The molecule has 0 aliphatic carbocycles. The molecule has 0 spiro atoms. The Balaban J connectivity index is 2.07. The Kier molecular flexibility index (Phi) is 3.45. The largest absolute Gasteiger partial charge is 0.416 e. The van der Waals surface area contributed by atoms with Gasteiger partial charge in [-0.3, -0.25) is 0 Å². The minimum absolute atomic E-state index is 0.573. The van der Waals surface area contributed by atoms with E-state index in [1.54, 1.807) is 6.92 Å². The molecule has 0 atom stereocenters. The molecule has 1 aromatic carbocycles. The molecule has 0 N–H and O–H groups in total. The van der Waals surface area contributed by atoms with Gasteiger partial charge < -0.3 is 4.42 Å². The summed E-state index contributed by atoms with van der Waals surface area (Å²) in [5.41, 5.74) is 2.96. The number of benzene rings is 1. The van der Waals surface area contributed by atoms with Crippen molar-refractivity contribution in [3.05, 3.63) is 40.8 Å². The van der Waals surface area contributed by atoms with Gasteiger partial charge in [0.15, 0.2) is 0 Å². The zero-order chi connectivity index (χ0) is 12.3. The molecule has 0 aliphatic heterocycles. The molecule has 86 valence electrons. The lowest BCUT2D eigenvalue weighted by Gasteiger charge is -2.03. The van der Waals surface area contributed by atoms with Crippen LogP contribution in [0.25, 0.3) is 0 Å². The molecule has 0 saturated carbocycles. The van der Waals surface area contributed by atoms with Crippen LogP contribution in [0.1, 0.15) is 22.6 Å². The minimum Gasteiger partial charge on any atom is -0.416 e. The Morgan fingerprint density at radius 2 is 2.18 bits per heavy atom. The van der Waals surface area contributed by atoms with Crippen LogP contribution in [0.3, 0.4) is 0 Å². The van der Waals surface area contributed by atoms with Gasteiger partial charge in [0, 0.05) is 12.7 Å². The van der Waals surface area contributed by atoms with Gasteiger partial charge in [0.05, 0.1) is 11.6 Å². The molecular weight excluding hydrogens is 234 g/mol. The maximum atomic E-state index is 8.78. The second-order valence-electron chi connectivity index (χ2n) is 3.63. The van der Waals surface area contributed by atoms with Gasteiger partial charge in [-0.15, -0.1) is 10.2 Å². The van der Waals surface area contributed by atoms with E-state index in [4.69, 9.17) is 9.68 Å². The smallest absolute Gasteiger partial charge is 0.276 e. The van der Waals surface area contributed by atoms with E-state index < -0.39 is 0 Å². The third-order valence-electron chi connectivity index (χ3n) is 2.33. The SMILES string of the molecule is Cc1nnc(SCc2ccc(C#N)cc2C)o1. The third-order valence-corrected chi connectivity index (χ3v) is 3.20. The van der Waals surface area contributed by atoms with Gasteiger partial charge in [-0.25, -0.2) is 0 Å². The summed E-state index contributed by atoms with van der Waals surface area (Å²) in [4.78, 5) is 0. The van der Waals surface area contributed by atoms with E-state index in [0.717, 1.165) is 11.3 Å². The number of aryl methyl sites for hydroxylation is 2. The van der Waals surface area contributed by atoms with Crippen molar-refractivity contribution in [2.45, 2.75) is 24.8 Å². The van der Waals surface area contributed by atoms with Crippen LogP contribution in [-0.2, 0) is 5.75 Å². The fraction of sp³-hybridized carbons (Fsp3) is 0.250. The summed E-state index contributed by atoms with van der Waals surface area (Å²) in [5.74, 6) is 1.34. The van der Waals surface area contributed by atoms with Gasteiger partial charge in [0.1, 0.15) is 0 Å². The van der Waals surface area contributed by atoms with Crippen molar-refractivity contribution < 1.29 is 4.42 Å². The number of thioether (sulfide) groups is 1. The fourth-order valence-electron chi connectivity index (χ4n) is 1.40. The standard InChI is InChI=1S/C12H11N3OS/c1-8-5-10(6-13)3-4-11(8)7-17-12-15-14-9(2)16-12/h3-5H,7H2,1-2H3. The summed E-state index contributed by atoms with van der Waals surface area (Å²) in [7, 11) is 0. The van der Waals surface area contributed by atoms with E-state index in [9.17, 15) is 0 Å². The van der Waals surface area contributed by atoms with E-state index >= 15 is 0 Å². The van der Waals surface area contributed by atoms with Gasteiger partial charge in [-0.05, 0) is 30.2 Å². The van der Waals surface area contributed by atoms with Gasteiger partial charge in [-0.1, -0.05) is 17.8 Å². The van der Waals surface area contributed by atoms with Crippen molar-refractivity contribution >= 4 is 11.8 Å². The van der Waals surface area contributed by atoms with Crippen LogP contribution in [0.5, 0.6) is 0 Å². The first kappa shape index (κ1) is 11.7. The Bertz CT molecular complexity index is 571. The second kappa shape index (κ2) is 5.02. The van der Waals surface area contributed by atoms with Crippen LogP contribution in [0.2, 0.25) is 0 Å². The molecule has 17 heavy (non-hydrogen) atoms. The van der Waals surface area contributed by atoms with Crippen LogP contribution < -0.4 is 0 Å². The van der Waals surface area contributed by atoms with E-state index in [2.05, 4.69) is 16.3 Å². The minimum atomic E-state index is 0.573. The van der Waals surface area contributed by atoms with E-state index in [-0.39, 0.29) is 0 Å². The quantitative estimate of drug-likeness (QED) is 0.778. The zero-order valence-corrected chi connectivity index (χ0v) is 10.4. The Morgan fingerprint density at radius 3 is 2.76 bits per heavy atom. The van der Waals surface area contributed by atoms with Gasteiger partial charge >= 0.3 is 0 Å². The summed E-state index contributed by atoms with van der Waals surface area (Å²) < 4.78 is 5.28. The summed E-state index contributed by atoms with van der Waals surface area (Å²) in [6.45, 7) is 3.76. The van der Waals surface area contributed by atoms with Crippen molar-refractivity contribution in [3.63, 3.8) is 0 Å². The number of nitrogens with zero attached hydrogens (tertiary/aromatic N) is 3. The predicted octanol–water partition coefficient (Wildman–Crippen LogP) is 2.85. The summed E-state index contributed by atoms with van der Waals surface area (Å²) in [6.07, 6.45) is 0. The average Bonchev–Trinajstić information content (AvgIpc) is 2.73. The maximum Gasteiger partial charge on any atom is 0.276 e. The van der Waals surface area contributed by atoms with E-state index in [0.29, 0.717) is 16.7 Å². The van der Waals surface area contributed by atoms with Gasteiger partial charge in [0.2, 0.25) is 5.89 Å². The number of hydrogen-bond acceptors (Lipinski definition) is 5. The summed E-state index contributed by atoms with van der Waals surface area (Å²) >= 11 is 1.50. The molecule has 0 radical (unpaired) electrons. The van der Waals surface area contributed by atoms with Crippen LogP contribution in [0, 0.1) is 25.2 Å².